The van der Waals surface area contributed by atoms with Gasteiger partial charge in [0.25, 0.3) is 0 Å². The predicted molar refractivity (Wildman–Crippen MR) is 85.6 cm³/mol. The normalized spacial score (nSPS) is 20.4. The van der Waals surface area contributed by atoms with Gasteiger partial charge in [-0.2, -0.15) is 0 Å². The topological polar surface area (TPSA) is 46.3 Å². The number of nitrogens with two attached hydrogens (primary N) is 1. The van der Waals surface area contributed by atoms with Crippen LogP contribution in [-0.2, 0) is 4.79 Å². The average Bonchev–Trinajstić information content (AvgIpc) is 2.49. The fraction of sp³-hybridized carbons (Fsp3) is 0.500. The van der Waals surface area contributed by atoms with Crippen molar-refractivity contribution in [2.24, 2.45) is 11.7 Å². The number of hydrogen-bond donors (Lipinski definition) is 1. The van der Waals surface area contributed by atoms with Gasteiger partial charge in [-0.1, -0.05) is 49.5 Å². The number of thiocarbonyl (C=S) groups is 1. The Kier molecular flexibility index (Phi) is 5.12. The summed E-state index contributed by atoms with van der Waals surface area (Å²) < 4.78 is 0. The lowest BCUT2D eigenvalue weighted by Gasteiger charge is -2.34. The Labute approximate surface area is 126 Å². The summed E-state index contributed by atoms with van der Waals surface area (Å²) in [5, 5.41) is 0. The summed E-state index contributed by atoms with van der Waals surface area (Å²) in [5.74, 6) is 0.330. The van der Waals surface area contributed by atoms with E-state index in [-0.39, 0.29) is 17.7 Å². The van der Waals surface area contributed by atoms with Crippen molar-refractivity contribution in [1.29, 1.82) is 0 Å². The smallest absolute Gasteiger partial charge is 0.230 e. The summed E-state index contributed by atoms with van der Waals surface area (Å²) in [7, 11) is 0. The standard InChI is InChI=1S/C16H22N2OS/c1-2-14(12-7-4-3-5-8-12)16(19)18-10-6-9-13(11-18)15(17)20/h3-5,7-8,13-14H,2,6,9-11H2,1H3,(H2,17,20). The van der Waals surface area contributed by atoms with E-state index in [1.165, 1.54) is 0 Å². The van der Waals surface area contributed by atoms with Crippen LogP contribution in [0.5, 0.6) is 0 Å². The van der Waals surface area contributed by atoms with E-state index in [4.69, 9.17) is 18.0 Å². The molecule has 0 saturated carbocycles. The van der Waals surface area contributed by atoms with E-state index in [1.54, 1.807) is 0 Å². The molecule has 108 valence electrons. The van der Waals surface area contributed by atoms with Gasteiger partial charge in [-0.25, -0.2) is 0 Å². The van der Waals surface area contributed by atoms with Gasteiger partial charge in [0.2, 0.25) is 5.91 Å². The highest BCUT2D eigenvalue weighted by Crippen LogP contribution is 2.25. The van der Waals surface area contributed by atoms with Crippen molar-refractivity contribution in [3.8, 4) is 0 Å². The molecule has 0 bridgehead atoms. The number of carbonyl (C=O) groups is 1. The molecule has 1 heterocycles. The van der Waals surface area contributed by atoms with Crippen LogP contribution in [0.1, 0.15) is 37.7 Å². The zero-order valence-electron chi connectivity index (χ0n) is 11.9. The number of amides is 1. The molecule has 1 fully saturated rings. The van der Waals surface area contributed by atoms with Crippen molar-refractivity contribution < 1.29 is 4.79 Å². The second-order valence-electron chi connectivity index (χ2n) is 5.40. The van der Waals surface area contributed by atoms with Gasteiger partial charge in [-0.3, -0.25) is 4.79 Å². The lowest BCUT2D eigenvalue weighted by molar-refractivity contribution is -0.134. The maximum absolute atomic E-state index is 12.7. The summed E-state index contributed by atoms with van der Waals surface area (Å²) in [6.07, 6.45) is 2.80. The molecule has 1 amide bonds. The number of hydrogen-bond acceptors (Lipinski definition) is 2. The second-order valence-corrected chi connectivity index (χ2v) is 5.87. The number of rotatable bonds is 4. The Morgan fingerprint density at radius 2 is 2.15 bits per heavy atom. The third kappa shape index (κ3) is 3.37. The summed E-state index contributed by atoms with van der Waals surface area (Å²) in [6, 6.07) is 10.0. The largest absolute Gasteiger partial charge is 0.393 e. The molecule has 20 heavy (non-hydrogen) atoms. The van der Waals surface area contributed by atoms with Crippen molar-refractivity contribution in [1.82, 2.24) is 4.90 Å². The Morgan fingerprint density at radius 3 is 2.75 bits per heavy atom. The van der Waals surface area contributed by atoms with Gasteiger partial charge in [0.05, 0.1) is 10.9 Å². The van der Waals surface area contributed by atoms with Gasteiger partial charge < -0.3 is 10.6 Å². The van der Waals surface area contributed by atoms with E-state index in [2.05, 4.69) is 6.92 Å². The van der Waals surface area contributed by atoms with Crippen LogP contribution in [0, 0.1) is 5.92 Å². The molecule has 1 aromatic rings. The van der Waals surface area contributed by atoms with Crippen LogP contribution >= 0.6 is 12.2 Å². The fourth-order valence-electron chi connectivity index (χ4n) is 2.87. The first-order valence-corrected chi connectivity index (χ1v) is 7.67. The first kappa shape index (κ1) is 15.0. The summed E-state index contributed by atoms with van der Waals surface area (Å²) in [5.41, 5.74) is 6.84. The average molecular weight is 290 g/mol. The minimum atomic E-state index is -0.0544. The first-order chi connectivity index (χ1) is 9.63. The summed E-state index contributed by atoms with van der Waals surface area (Å²) >= 11 is 5.08. The van der Waals surface area contributed by atoms with E-state index in [0.29, 0.717) is 11.5 Å². The van der Waals surface area contributed by atoms with E-state index in [1.807, 2.05) is 35.2 Å². The van der Waals surface area contributed by atoms with E-state index >= 15 is 0 Å². The molecule has 4 heteroatoms. The third-order valence-corrected chi connectivity index (χ3v) is 4.38. The van der Waals surface area contributed by atoms with E-state index in [9.17, 15) is 4.79 Å². The van der Waals surface area contributed by atoms with Gasteiger partial charge in [0.1, 0.15) is 0 Å². The van der Waals surface area contributed by atoms with Gasteiger partial charge in [0, 0.05) is 19.0 Å². The molecular weight excluding hydrogens is 268 g/mol. The minimum Gasteiger partial charge on any atom is -0.393 e. The van der Waals surface area contributed by atoms with Gasteiger partial charge in [0.15, 0.2) is 0 Å². The molecule has 0 aromatic heterocycles. The highest BCUT2D eigenvalue weighted by Gasteiger charge is 2.29. The monoisotopic (exact) mass is 290 g/mol. The minimum absolute atomic E-state index is 0.0544. The van der Waals surface area contributed by atoms with Gasteiger partial charge >= 0.3 is 0 Å². The van der Waals surface area contributed by atoms with Gasteiger partial charge in [-0.15, -0.1) is 0 Å². The van der Waals surface area contributed by atoms with Crippen molar-refractivity contribution in [3.05, 3.63) is 35.9 Å². The van der Waals surface area contributed by atoms with Crippen LogP contribution in [0.15, 0.2) is 30.3 Å². The van der Waals surface area contributed by atoms with Crippen LogP contribution < -0.4 is 5.73 Å². The molecule has 2 atom stereocenters. The van der Waals surface area contributed by atoms with Gasteiger partial charge in [-0.05, 0) is 24.8 Å². The van der Waals surface area contributed by atoms with Crippen molar-refractivity contribution in [2.45, 2.75) is 32.1 Å². The molecule has 2 unspecified atom stereocenters. The zero-order chi connectivity index (χ0) is 14.5. The maximum Gasteiger partial charge on any atom is 0.230 e. The van der Waals surface area contributed by atoms with Crippen LogP contribution in [0.2, 0.25) is 0 Å². The Balaban J connectivity index is 2.11. The van der Waals surface area contributed by atoms with E-state index < -0.39 is 0 Å². The number of nitrogens with zero attached hydrogens (tertiary/aromatic N) is 1. The van der Waals surface area contributed by atoms with Crippen molar-refractivity contribution >= 4 is 23.1 Å². The molecule has 0 spiro atoms. The van der Waals surface area contributed by atoms with Crippen LogP contribution in [0.3, 0.4) is 0 Å². The molecular formula is C16H22N2OS. The number of benzene rings is 1. The molecule has 2 N–H and O–H groups in total. The van der Waals surface area contributed by atoms with Crippen molar-refractivity contribution in [2.75, 3.05) is 13.1 Å². The quantitative estimate of drug-likeness (QED) is 0.867. The highest BCUT2D eigenvalue weighted by molar-refractivity contribution is 7.80. The van der Waals surface area contributed by atoms with Crippen LogP contribution in [0.4, 0.5) is 0 Å². The highest BCUT2D eigenvalue weighted by atomic mass is 32.1. The molecule has 3 nitrogen and oxygen atoms in total. The third-order valence-electron chi connectivity index (χ3n) is 4.04. The number of piperidine rings is 1. The zero-order valence-corrected chi connectivity index (χ0v) is 12.7. The van der Waals surface area contributed by atoms with E-state index in [0.717, 1.165) is 31.4 Å². The molecule has 2 rings (SSSR count). The Bertz CT molecular complexity index is 475. The maximum atomic E-state index is 12.7. The summed E-state index contributed by atoms with van der Waals surface area (Å²) in [4.78, 5) is 15.2. The molecule has 1 aliphatic rings. The van der Waals surface area contributed by atoms with Crippen LogP contribution in [-0.4, -0.2) is 28.9 Å². The fourth-order valence-corrected chi connectivity index (χ4v) is 3.06. The van der Waals surface area contributed by atoms with Crippen molar-refractivity contribution in [3.63, 3.8) is 0 Å². The number of likely N-dealkylation sites (tertiary alicyclic amines) is 1. The Morgan fingerprint density at radius 1 is 1.45 bits per heavy atom. The Hall–Kier alpha value is -1.42. The first-order valence-electron chi connectivity index (χ1n) is 7.26. The molecule has 0 aliphatic carbocycles. The lowest BCUT2D eigenvalue weighted by atomic mass is 9.92. The number of carbonyl (C=O) groups excluding carboxylic acids is 1. The summed E-state index contributed by atoms with van der Waals surface area (Å²) in [6.45, 7) is 3.56. The second kappa shape index (κ2) is 6.84. The molecule has 0 radical (unpaired) electrons. The SMILES string of the molecule is CCC(C(=O)N1CCCC(C(N)=S)C1)c1ccccc1. The lowest BCUT2D eigenvalue weighted by Crippen LogP contribution is -2.45. The molecule has 1 saturated heterocycles. The molecule has 1 aromatic carbocycles. The predicted octanol–water partition coefficient (Wildman–Crippen LogP) is 2.70. The molecule has 1 aliphatic heterocycles. The van der Waals surface area contributed by atoms with Crippen LogP contribution in [0.25, 0.3) is 0 Å².